The molecule has 2 heteroatoms. The van der Waals surface area contributed by atoms with Crippen LogP contribution in [0.1, 0.15) is 30.9 Å². The van der Waals surface area contributed by atoms with Crippen LogP contribution in [0.15, 0.2) is 24.3 Å². The van der Waals surface area contributed by atoms with Gasteiger partial charge >= 0.3 is 5.97 Å². The number of carbonyl (C=O) groups excluding carboxylic acids is 1. The van der Waals surface area contributed by atoms with Gasteiger partial charge in [0.25, 0.3) is 0 Å². The number of hydrogen-bond acceptors (Lipinski definition) is 2. The number of hydrogen-bond donors (Lipinski definition) is 0. The van der Waals surface area contributed by atoms with E-state index >= 15 is 0 Å². The molecule has 1 aliphatic carbocycles. The molecule has 1 aliphatic rings. The Kier molecular flexibility index (Phi) is 3.82. The molecule has 0 amide bonds. The van der Waals surface area contributed by atoms with Crippen LogP contribution < -0.4 is 0 Å². The summed E-state index contributed by atoms with van der Waals surface area (Å²) in [6.07, 6.45) is 2.49. The van der Waals surface area contributed by atoms with Crippen molar-refractivity contribution in [1.29, 1.82) is 0 Å². The van der Waals surface area contributed by atoms with Crippen molar-refractivity contribution in [2.75, 3.05) is 6.61 Å². The van der Waals surface area contributed by atoms with E-state index in [1.54, 1.807) is 0 Å². The van der Waals surface area contributed by atoms with Gasteiger partial charge in [-0.1, -0.05) is 31.2 Å². The zero-order valence-electron chi connectivity index (χ0n) is 10.6. The Bertz CT molecular complexity index is 398. The Morgan fingerprint density at radius 1 is 1.41 bits per heavy atom. The monoisotopic (exact) mass is 232 g/mol. The molecule has 1 fully saturated rings. The van der Waals surface area contributed by atoms with Crippen molar-refractivity contribution in [3.05, 3.63) is 35.4 Å². The van der Waals surface area contributed by atoms with Crippen LogP contribution in [0.5, 0.6) is 0 Å². The van der Waals surface area contributed by atoms with Crippen LogP contribution in [0.3, 0.4) is 0 Å². The predicted octanol–water partition coefficient (Wildman–Crippen LogP) is 3.13. The first-order valence-corrected chi connectivity index (χ1v) is 6.37. The largest absolute Gasteiger partial charge is 0.465 e. The third-order valence-electron chi connectivity index (χ3n) is 3.59. The Morgan fingerprint density at radius 3 is 2.76 bits per heavy atom. The van der Waals surface area contributed by atoms with Crippen LogP contribution in [0.2, 0.25) is 0 Å². The minimum Gasteiger partial charge on any atom is -0.465 e. The van der Waals surface area contributed by atoms with E-state index in [-0.39, 0.29) is 5.97 Å². The molecule has 1 aromatic carbocycles. The summed E-state index contributed by atoms with van der Waals surface area (Å²) < 4.78 is 5.26. The number of aryl methyl sites for hydroxylation is 2. The summed E-state index contributed by atoms with van der Waals surface area (Å²) in [5.41, 5.74) is 2.49. The van der Waals surface area contributed by atoms with Gasteiger partial charge in [-0.3, -0.25) is 4.79 Å². The lowest BCUT2D eigenvalue weighted by atomic mass is 10.0. The van der Waals surface area contributed by atoms with Crippen LogP contribution in [-0.2, 0) is 16.0 Å². The Balaban J connectivity index is 1.70. The molecule has 92 valence electrons. The van der Waals surface area contributed by atoms with Crippen molar-refractivity contribution in [1.82, 2.24) is 0 Å². The minimum absolute atomic E-state index is 0.0626. The normalized spacial score (nSPS) is 22.2. The molecule has 0 bridgehead atoms. The highest BCUT2D eigenvalue weighted by atomic mass is 16.5. The van der Waals surface area contributed by atoms with Gasteiger partial charge in [0.05, 0.1) is 6.61 Å². The lowest BCUT2D eigenvalue weighted by Gasteiger charge is -2.06. The molecule has 0 spiro atoms. The highest BCUT2D eigenvalue weighted by Gasteiger charge is 2.33. The van der Waals surface area contributed by atoms with E-state index in [2.05, 4.69) is 26.0 Å². The van der Waals surface area contributed by atoms with Gasteiger partial charge in [-0.05, 0) is 42.7 Å². The molecular weight excluding hydrogens is 212 g/mol. The maximum atomic E-state index is 11.5. The summed E-state index contributed by atoms with van der Waals surface area (Å²) in [4.78, 5) is 11.5. The lowest BCUT2D eigenvalue weighted by molar-refractivity contribution is -0.144. The molecule has 0 aromatic heterocycles. The van der Waals surface area contributed by atoms with Crippen molar-refractivity contribution < 1.29 is 9.53 Å². The zero-order chi connectivity index (χ0) is 12.3. The Labute approximate surface area is 103 Å². The van der Waals surface area contributed by atoms with E-state index in [1.807, 2.05) is 12.1 Å². The summed E-state index contributed by atoms with van der Waals surface area (Å²) in [6, 6.07) is 8.18. The highest BCUT2D eigenvalue weighted by Crippen LogP contribution is 2.37. The van der Waals surface area contributed by atoms with Gasteiger partial charge in [-0.2, -0.15) is 0 Å². The fraction of sp³-hybridized carbons (Fsp3) is 0.533. The van der Waals surface area contributed by atoms with Gasteiger partial charge in [0.1, 0.15) is 0 Å². The van der Waals surface area contributed by atoms with Crippen LogP contribution in [0.25, 0.3) is 0 Å². The van der Waals surface area contributed by atoms with Crippen molar-refractivity contribution in [2.24, 2.45) is 11.8 Å². The zero-order valence-corrected chi connectivity index (χ0v) is 10.6. The van der Waals surface area contributed by atoms with E-state index in [0.29, 0.717) is 18.9 Å². The number of rotatable bonds is 5. The summed E-state index contributed by atoms with van der Waals surface area (Å²) in [5, 5.41) is 0. The number of esters is 1. The van der Waals surface area contributed by atoms with E-state index in [0.717, 1.165) is 12.3 Å². The maximum absolute atomic E-state index is 11.5. The molecule has 17 heavy (non-hydrogen) atoms. The second kappa shape index (κ2) is 5.35. The van der Waals surface area contributed by atoms with Gasteiger partial charge in [0.2, 0.25) is 0 Å². The first-order chi connectivity index (χ1) is 8.16. The third-order valence-corrected chi connectivity index (χ3v) is 3.59. The first kappa shape index (κ1) is 12.2. The highest BCUT2D eigenvalue weighted by molar-refractivity contribution is 5.69. The van der Waals surface area contributed by atoms with Crippen LogP contribution in [0.4, 0.5) is 0 Å². The summed E-state index contributed by atoms with van der Waals surface area (Å²) in [5.74, 6) is 1.31. The average molecular weight is 232 g/mol. The number of carbonyl (C=O) groups is 1. The number of benzene rings is 1. The van der Waals surface area contributed by atoms with Gasteiger partial charge in [0, 0.05) is 6.42 Å². The Morgan fingerprint density at radius 2 is 2.12 bits per heavy atom. The second-order valence-corrected chi connectivity index (χ2v) is 5.08. The van der Waals surface area contributed by atoms with Gasteiger partial charge in [0.15, 0.2) is 0 Å². The fourth-order valence-electron chi connectivity index (χ4n) is 2.03. The third kappa shape index (κ3) is 3.58. The standard InChI is InChI=1S/C15H20O2/c1-11-5-3-4-6-13(11)7-8-15(16)17-10-14-9-12(14)2/h3-6,12,14H,7-10H2,1-2H3. The average Bonchev–Trinajstić information content (AvgIpc) is 3.02. The minimum atomic E-state index is -0.0626. The van der Waals surface area contributed by atoms with E-state index in [4.69, 9.17) is 4.74 Å². The molecule has 0 N–H and O–H groups in total. The molecule has 0 saturated heterocycles. The summed E-state index contributed by atoms with van der Waals surface area (Å²) in [6.45, 7) is 4.89. The molecule has 2 rings (SSSR count). The van der Waals surface area contributed by atoms with E-state index < -0.39 is 0 Å². The molecule has 2 nitrogen and oxygen atoms in total. The topological polar surface area (TPSA) is 26.3 Å². The SMILES string of the molecule is Cc1ccccc1CCC(=O)OCC1CC1C. The van der Waals surface area contributed by atoms with Crippen molar-refractivity contribution in [2.45, 2.75) is 33.1 Å². The van der Waals surface area contributed by atoms with Gasteiger partial charge < -0.3 is 4.74 Å². The van der Waals surface area contributed by atoms with Crippen molar-refractivity contribution >= 4 is 5.97 Å². The molecule has 1 saturated carbocycles. The molecule has 0 radical (unpaired) electrons. The summed E-state index contributed by atoms with van der Waals surface area (Å²) >= 11 is 0. The fourth-order valence-corrected chi connectivity index (χ4v) is 2.03. The van der Waals surface area contributed by atoms with Crippen LogP contribution in [0, 0.1) is 18.8 Å². The first-order valence-electron chi connectivity index (χ1n) is 6.37. The molecule has 2 atom stereocenters. The quantitative estimate of drug-likeness (QED) is 0.729. The molecular formula is C15H20O2. The van der Waals surface area contributed by atoms with Crippen LogP contribution >= 0.6 is 0 Å². The molecule has 0 heterocycles. The second-order valence-electron chi connectivity index (χ2n) is 5.08. The molecule has 2 unspecified atom stereocenters. The van der Waals surface area contributed by atoms with E-state index in [9.17, 15) is 4.79 Å². The van der Waals surface area contributed by atoms with E-state index in [1.165, 1.54) is 17.5 Å². The van der Waals surface area contributed by atoms with Crippen LogP contribution in [-0.4, -0.2) is 12.6 Å². The lowest BCUT2D eigenvalue weighted by Crippen LogP contribution is -2.09. The van der Waals surface area contributed by atoms with Crippen molar-refractivity contribution in [3.63, 3.8) is 0 Å². The smallest absolute Gasteiger partial charge is 0.306 e. The van der Waals surface area contributed by atoms with Gasteiger partial charge in [-0.15, -0.1) is 0 Å². The molecule has 0 aliphatic heterocycles. The number of ether oxygens (including phenoxy) is 1. The maximum Gasteiger partial charge on any atom is 0.306 e. The summed E-state index contributed by atoms with van der Waals surface area (Å²) in [7, 11) is 0. The van der Waals surface area contributed by atoms with Crippen molar-refractivity contribution in [3.8, 4) is 0 Å². The van der Waals surface area contributed by atoms with Gasteiger partial charge in [-0.25, -0.2) is 0 Å². The molecule has 1 aromatic rings. The predicted molar refractivity (Wildman–Crippen MR) is 67.7 cm³/mol. The Hall–Kier alpha value is -1.31.